The molecule has 2 rings (SSSR count). The van der Waals surface area contributed by atoms with E-state index in [-0.39, 0.29) is 29.7 Å². The van der Waals surface area contributed by atoms with Crippen molar-refractivity contribution >= 4 is 5.91 Å². The first-order chi connectivity index (χ1) is 9.97. The van der Waals surface area contributed by atoms with E-state index in [4.69, 9.17) is 5.11 Å². The minimum absolute atomic E-state index is 0.0445. The standard InChI is InChI=1S/C15H23N3O3/c1-10-11(2)16-17(3)14(20)13(10)15(21)18(8-5-9-19)12-6-4-7-12/h12,19H,4-9H2,1-3H3. The van der Waals surface area contributed by atoms with Gasteiger partial charge in [0, 0.05) is 26.2 Å². The van der Waals surface area contributed by atoms with Crippen molar-refractivity contribution in [2.24, 2.45) is 7.05 Å². The summed E-state index contributed by atoms with van der Waals surface area (Å²) in [6, 6.07) is 0.196. The zero-order valence-electron chi connectivity index (χ0n) is 12.9. The molecule has 116 valence electrons. The molecule has 1 aliphatic rings. The smallest absolute Gasteiger partial charge is 0.279 e. The molecule has 0 bridgehead atoms. The van der Waals surface area contributed by atoms with Gasteiger partial charge in [-0.05, 0) is 45.1 Å². The second-order valence-corrected chi connectivity index (χ2v) is 5.67. The molecule has 1 aromatic rings. The third kappa shape index (κ3) is 3.00. The maximum atomic E-state index is 12.8. The second-order valence-electron chi connectivity index (χ2n) is 5.67. The molecule has 0 radical (unpaired) electrons. The van der Waals surface area contributed by atoms with Gasteiger partial charge in [0.25, 0.3) is 11.5 Å². The van der Waals surface area contributed by atoms with E-state index in [1.165, 1.54) is 4.68 Å². The SMILES string of the molecule is Cc1nn(C)c(=O)c(C(=O)N(CCCO)C2CCC2)c1C. The van der Waals surface area contributed by atoms with Crippen molar-refractivity contribution in [2.45, 2.75) is 45.6 Å². The lowest BCUT2D eigenvalue weighted by Gasteiger charge is -2.37. The normalized spacial score (nSPS) is 14.9. The van der Waals surface area contributed by atoms with Crippen LogP contribution in [0.3, 0.4) is 0 Å². The summed E-state index contributed by atoms with van der Waals surface area (Å²) in [5, 5.41) is 13.1. The number of hydrogen-bond donors (Lipinski definition) is 1. The number of rotatable bonds is 5. The topological polar surface area (TPSA) is 75.4 Å². The number of nitrogens with zero attached hydrogens (tertiary/aromatic N) is 3. The summed E-state index contributed by atoms with van der Waals surface area (Å²) in [7, 11) is 1.56. The van der Waals surface area contributed by atoms with Crippen LogP contribution < -0.4 is 5.56 Å². The molecule has 1 fully saturated rings. The molecule has 0 aliphatic heterocycles. The summed E-state index contributed by atoms with van der Waals surface area (Å²) < 4.78 is 1.22. The van der Waals surface area contributed by atoms with Crippen LogP contribution in [-0.4, -0.2) is 44.9 Å². The second kappa shape index (κ2) is 6.39. The molecular weight excluding hydrogens is 270 g/mol. The first-order valence-corrected chi connectivity index (χ1v) is 7.43. The largest absolute Gasteiger partial charge is 0.396 e. The van der Waals surface area contributed by atoms with E-state index in [1.807, 2.05) is 0 Å². The van der Waals surface area contributed by atoms with Crippen LogP contribution in [0.25, 0.3) is 0 Å². The fraction of sp³-hybridized carbons (Fsp3) is 0.667. The zero-order valence-corrected chi connectivity index (χ0v) is 12.9. The van der Waals surface area contributed by atoms with Crippen LogP contribution in [0.15, 0.2) is 4.79 Å². The van der Waals surface area contributed by atoms with Crippen LogP contribution in [-0.2, 0) is 7.05 Å². The fourth-order valence-electron chi connectivity index (χ4n) is 2.63. The Kier molecular flexibility index (Phi) is 4.77. The Balaban J connectivity index is 2.38. The van der Waals surface area contributed by atoms with E-state index in [9.17, 15) is 9.59 Å². The van der Waals surface area contributed by atoms with Crippen molar-refractivity contribution in [3.8, 4) is 0 Å². The highest BCUT2D eigenvalue weighted by Crippen LogP contribution is 2.26. The lowest BCUT2D eigenvalue weighted by atomic mass is 9.90. The lowest BCUT2D eigenvalue weighted by molar-refractivity contribution is 0.0558. The van der Waals surface area contributed by atoms with Crippen LogP contribution in [0.2, 0.25) is 0 Å². The Morgan fingerprint density at radius 3 is 2.62 bits per heavy atom. The molecule has 0 atom stereocenters. The Hall–Kier alpha value is -1.69. The van der Waals surface area contributed by atoms with Crippen LogP contribution in [0.4, 0.5) is 0 Å². The highest BCUT2D eigenvalue weighted by Gasteiger charge is 2.31. The number of carbonyl (C=O) groups excluding carboxylic acids is 1. The van der Waals surface area contributed by atoms with E-state index >= 15 is 0 Å². The number of aryl methyl sites for hydroxylation is 2. The Morgan fingerprint density at radius 2 is 2.10 bits per heavy atom. The highest BCUT2D eigenvalue weighted by atomic mass is 16.3. The summed E-state index contributed by atoms with van der Waals surface area (Å²) in [5.74, 6) is -0.225. The molecule has 6 nitrogen and oxygen atoms in total. The Morgan fingerprint density at radius 1 is 1.43 bits per heavy atom. The van der Waals surface area contributed by atoms with Crippen LogP contribution >= 0.6 is 0 Å². The molecule has 0 saturated heterocycles. The van der Waals surface area contributed by atoms with Gasteiger partial charge in [-0.1, -0.05) is 0 Å². The van der Waals surface area contributed by atoms with Crippen molar-refractivity contribution in [1.82, 2.24) is 14.7 Å². The fourth-order valence-corrected chi connectivity index (χ4v) is 2.63. The van der Waals surface area contributed by atoms with Gasteiger partial charge in [-0.15, -0.1) is 0 Å². The molecule has 1 heterocycles. The Bertz CT molecular complexity index is 591. The number of hydrogen-bond acceptors (Lipinski definition) is 4. The number of aliphatic hydroxyl groups is 1. The van der Waals surface area contributed by atoms with Crippen LogP contribution in [0.5, 0.6) is 0 Å². The van der Waals surface area contributed by atoms with Crippen molar-refractivity contribution in [1.29, 1.82) is 0 Å². The molecule has 1 saturated carbocycles. The third-order valence-corrected chi connectivity index (χ3v) is 4.27. The summed E-state index contributed by atoms with van der Waals surface area (Å²) in [6.07, 6.45) is 3.59. The predicted molar refractivity (Wildman–Crippen MR) is 79.3 cm³/mol. The maximum absolute atomic E-state index is 12.8. The van der Waals surface area contributed by atoms with Crippen molar-refractivity contribution in [2.75, 3.05) is 13.2 Å². The van der Waals surface area contributed by atoms with Gasteiger partial charge < -0.3 is 10.0 Å². The minimum Gasteiger partial charge on any atom is -0.396 e. The number of carbonyl (C=O) groups is 1. The first kappa shape index (κ1) is 15.7. The summed E-state index contributed by atoms with van der Waals surface area (Å²) >= 11 is 0. The van der Waals surface area contributed by atoms with Crippen LogP contribution in [0.1, 0.15) is 47.3 Å². The number of aromatic nitrogens is 2. The molecular formula is C15H23N3O3. The van der Waals surface area contributed by atoms with Gasteiger partial charge in [0.15, 0.2) is 0 Å². The van der Waals surface area contributed by atoms with Crippen molar-refractivity contribution in [3.05, 3.63) is 27.2 Å². The summed E-state index contributed by atoms with van der Waals surface area (Å²) in [5.41, 5.74) is 1.21. The van der Waals surface area contributed by atoms with Gasteiger partial charge in [0.1, 0.15) is 5.56 Å². The van der Waals surface area contributed by atoms with Gasteiger partial charge >= 0.3 is 0 Å². The van der Waals surface area contributed by atoms with E-state index < -0.39 is 0 Å². The van der Waals surface area contributed by atoms with Gasteiger partial charge in [-0.3, -0.25) is 9.59 Å². The first-order valence-electron chi connectivity index (χ1n) is 7.43. The van der Waals surface area contributed by atoms with Gasteiger partial charge in [-0.2, -0.15) is 5.10 Å². The minimum atomic E-state index is -0.351. The average Bonchev–Trinajstić information content (AvgIpc) is 2.39. The van der Waals surface area contributed by atoms with Gasteiger partial charge in [-0.25, -0.2) is 4.68 Å². The van der Waals surface area contributed by atoms with Gasteiger partial charge in [0.05, 0.1) is 5.69 Å². The maximum Gasteiger partial charge on any atom is 0.279 e. The summed E-state index contributed by atoms with van der Waals surface area (Å²) in [6.45, 7) is 4.10. The molecule has 21 heavy (non-hydrogen) atoms. The van der Waals surface area contributed by atoms with Crippen molar-refractivity contribution in [3.63, 3.8) is 0 Å². The molecule has 1 N–H and O–H groups in total. The van der Waals surface area contributed by atoms with E-state index in [2.05, 4.69) is 5.10 Å². The van der Waals surface area contributed by atoms with Gasteiger partial charge in [0.2, 0.25) is 0 Å². The van der Waals surface area contributed by atoms with Crippen LogP contribution in [0, 0.1) is 13.8 Å². The van der Waals surface area contributed by atoms with E-state index in [0.717, 1.165) is 19.3 Å². The molecule has 6 heteroatoms. The molecule has 1 aromatic heterocycles. The average molecular weight is 293 g/mol. The lowest BCUT2D eigenvalue weighted by Crippen LogP contribution is -2.47. The molecule has 0 spiro atoms. The van der Waals surface area contributed by atoms with E-state index in [1.54, 1.807) is 25.8 Å². The highest BCUT2D eigenvalue weighted by molar-refractivity contribution is 5.95. The molecule has 1 amide bonds. The molecule has 0 aromatic carbocycles. The molecule has 0 unspecified atom stereocenters. The third-order valence-electron chi connectivity index (χ3n) is 4.27. The van der Waals surface area contributed by atoms with E-state index in [0.29, 0.717) is 24.2 Å². The Labute approximate surface area is 124 Å². The zero-order chi connectivity index (χ0) is 15.6. The number of amides is 1. The monoisotopic (exact) mass is 293 g/mol. The quantitative estimate of drug-likeness (QED) is 0.870. The van der Waals surface area contributed by atoms with Crippen molar-refractivity contribution < 1.29 is 9.90 Å². The molecule has 1 aliphatic carbocycles. The predicted octanol–water partition coefficient (Wildman–Crippen LogP) is 0.774. The summed E-state index contributed by atoms with van der Waals surface area (Å²) in [4.78, 5) is 26.9. The number of aliphatic hydroxyl groups excluding tert-OH is 1.